The molecule has 1 saturated heterocycles. The molecule has 1 aliphatic heterocycles. The average molecular weight is 566 g/mol. The van der Waals surface area contributed by atoms with Crippen LogP contribution < -0.4 is 10.1 Å². The Balaban J connectivity index is 1.28. The number of hydrogen-bond donors (Lipinski definition) is 1. The number of amides is 2. The molecule has 0 radical (unpaired) electrons. The average Bonchev–Trinajstić information content (AvgIpc) is 3.58. The molecule has 1 atom stereocenters. The van der Waals surface area contributed by atoms with Gasteiger partial charge in [-0.15, -0.1) is 13.2 Å². The van der Waals surface area contributed by atoms with E-state index in [0.29, 0.717) is 36.2 Å². The van der Waals surface area contributed by atoms with Crippen LogP contribution in [0, 0.1) is 0 Å². The van der Waals surface area contributed by atoms with Crippen LogP contribution in [0.2, 0.25) is 0 Å². The number of aromatic nitrogens is 1. The van der Waals surface area contributed by atoms with Gasteiger partial charge in [0.1, 0.15) is 18.1 Å². The summed E-state index contributed by atoms with van der Waals surface area (Å²) in [5, 5.41) is 2.82. The van der Waals surface area contributed by atoms with Crippen molar-refractivity contribution in [2.24, 2.45) is 0 Å². The number of likely N-dealkylation sites (tertiary alicyclic amines) is 1. The molecule has 1 aliphatic rings. The number of benzene rings is 2. The number of pyridine rings is 1. The summed E-state index contributed by atoms with van der Waals surface area (Å²) in [4.78, 5) is 40.8. The molecule has 5 rings (SSSR count). The predicted octanol–water partition coefficient (Wildman–Crippen LogP) is 6.00. The number of rotatable bonds is 8. The number of nitrogens with zero attached hydrogens (tertiary/aromatic N) is 2. The second-order valence-corrected chi connectivity index (χ2v) is 9.58. The summed E-state index contributed by atoms with van der Waals surface area (Å²) in [5.74, 6) is -1.28. The Labute approximate surface area is 233 Å². The van der Waals surface area contributed by atoms with Crippen LogP contribution in [-0.2, 0) is 22.6 Å². The number of fused-ring (bicyclic) bond motifs is 1. The van der Waals surface area contributed by atoms with Gasteiger partial charge in [-0.25, -0.2) is 9.59 Å². The summed E-state index contributed by atoms with van der Waals surface area (Å²) < 4.78 is 48.8. The highest BCUT2D eigenvalue weighted by atomic mass is 19.4. The number of alkyl halides is 3. The van der Waals surface area contributed by atoms with Crippen molar-refractivity contribution in [3.63, 3.8) is 0 Å². The minimum absolute atomic E-state index is 0.0875. The number of carbonyl (C=O) groups excluding carboxylic acids is 3. The van der Waals surface area contributed by atoms with Crippen LogP contribution in [0.25, 0.3) is 5.52 Å². The van der Waals surface area contributed by atoms with Crippen molar-refractivity contribution in [3.05, 3.63) is 102 Å². The minimum atomic E-state index is -4.84. The van der Waals surface area contributed by atoms with E-state index in [0.717, 1.165) is 17.7 Å². The van der Waals surface area contributed by atoms with Gasteiger partial charge in [0.2, 0.25) is 0 Å². The van der Waals surface area contributed by atoms with Crippen molar-refractivity contribution < 1.29 is 37.0 Å². The van der Waals surface area contributed by atoms with Gasteiger partial charge in [0.25, 0.3) is 0 Å². The molecule has 4 aromatic rings. The van der Waals surface area contributed by atoms with Gasteiger partial charge in [0, 0.05) is 19.2 Å². The van der Waals surface area contributed by atoms with Crippen LogP contribution in [0.15, 0.2) is 85.1 Å². The maximum Gasteiger partial charge on any atom is 0.573 e. The van der Waals surface area contributed by atoms with Crippen molar-refractivity contribution in [3.8, 4) is 5.75 Å². The molecule has 2 aromatic carbocycles. The molecular formula is C30H26F3N3O5. The zero-order valence-corrected chi connectivity index (χ0v) is 21.8. The fourth-order valence-electron chi connectivity index (χ4n) is 4.91. The highest BCUT2D eigenvalue weighted by Gasteiger charge is 2.35. The van der Waals surface area contributed by atoms with E-state index in [1.54, 1.807) is 28.8 Å². The summed E-state index contributed by atoms with van der Waals surface area (Å²) in [6, 6.07) is 20.0. The number of urea groups is 1. The van der Waals surface area contributed by atoms with Crippen LogP contribution in [0.4, 0.5) is 23.7 Å². The van der Waals surface area contributed by atoms with Gasteiger partial charge >= 0.3 is 18.4 Å². The molecular weight excluding hydrogens is 539 g/mol. The van der Waals surface area contributed by atoms with E-state index in [2.05, 4.69) is 10.1 Å². The first-order valence-corrected chi connectivity index (χ1v) is 12.9. The second-order valence-electron chi connectivity index (χ2n) is 9.58. The van der Waals surface area contributed by atoms with E-state index in [4.69, 9.17) is 4.74 Å². The zero-order valence-electron chi connectivity index (χ0n) is 21.8. The molecule has 0 aliphatic carbocycles. The third-order valence-electron chi connectivity index (χ3n) is 6.74. The van der Waals surface area contributed by atoms with Gasteiger partial charge in [0.15, 0.2) is 5.78 Å². The molecule has 0 spiro atoms. The Hall–Kier alpha value is -4.80. The van der Waals surface area contributed by atoms with E-state index in [-0.39, 0.29) is 24.5 Å². The first kappa shape index (κ1) is 27.8. The number of anilines is 1. The maximum atomic E-state index is 13.3. The number of hydrogen-bond acceptors (Lipinski definition) is 5. The fraction of sp³-hybridized carbons (Fsp3) is 0.233. The van der Waals surface area contributed by atoms with Crippen LogP contribution in [-0.4, -0.2) is 46.0 Å². The third-order valence-corrected chi connectivity index (χ3v) is 6.74. The van der Waals surface area contributed by atoms with Gasteiger partial charge in [-0.05, 0) is 54.3 Å². The standard InChI is InChI=1S/C30H26F3N3O5/c31-30(32,33)41-22-11-6-10-21(16-22)17-27(37)25-13-7-15-36(25)29(39)34-23-18-26(35-14-5-4-12-24(23)35)28(38)40-19-20-8-2-1-3-9-20/h1-6,8-12,14,16,18,25H,7,13,15,17,19H2,(H,34,39)/t25-/m0/s1. The maximum absolute atomic E-state index is 13.3. The monoisotopic (exact) mass is 565 g/mol. The SMILES string of the molecule is O=C(OCc1ccccc1)c1cc(NC(=O)N2CCC[C@H]2C(=O)Cc2cccc(OC(F)(F)F)c2)c2ccccn12. The second kappa shape index (κ2) is 11.7. The number of esters is 1. The number of nitrogens with one attached hydrogen (secondary N) is 1. The number of Topliss-reactive ketones (excluding diaryl/α,β-unsaturated/α-hetero) is 1. The Morgan fingerprint density at radius 2 is 1.68 bits per heavy atom. The Morgan fingerprint density at radius 1 is 0.927 bits per heavy atom. The molecule has 0 unspecified atom stereocenters. The van der Waals surface area contributed by atoms with Gasteiger partial charge in [-0.2, -0.15) is 0 Å². The number of ether oxygens (including phenoxy) is 2. The Bertz CT molecular complexity index is 1570. The molecule has 2 amide bonds. The predicted molar refractivity (Wildman–Crippen MR) is 144 cm³/mol. The van der Waals surface area contributed by atoms with Gasteiger partial charge < -0.3 is 24.1 Å². The zero-order chi connectivity index (χ0) is 29.0. The van der Waals surface area contributed by atoms with Gasteiger partial charge in [0.05, 0.1) is 17.2 Å². The van der Waals surface area contributed by atoms with Crippen LogP contribution in [0.1, 0.15) is 34.5 Å². The van der Waals surface area contributed by atoms with Crippen molar-refractivity contribution in [2.45, 2.75) is 38.3 Å². The number of carbonyl (C=O) groups is 3. The molecule has 2 aromatic heterocycles. The summed E-state index contributed by atoms with van der Waals surface area (Å²) in [5.41, 5.74) is 2.34. The van der Waals surface area contributed by atoms with Crippen molar-refractivity contribution >= 4 is 29.0 Å². The van der Waals surface area contributed by atoms with E-state index >= 15 is 0 Å². The quantitative estimate of drug-likeness (QED) is 0.265. The molecule has 212 valence electrons. The molecule has 0 saturated carbocycles. The lowest BCUT2D eigenvalue weighted by molar-refractivity contribution is -0.274. The highest BCUT2D eigenvalue weighted by molar-refractivity contribution is 6.01. The van der Waals surface area contributed by atoms with Crippen molar-refractivity contribution in [1.29, 1.82) is 0 Å². The first-order valence-electron chi connectivity index (χ1n) is 12.9. The van der Waals surface area contributed by atoms with Gasteiger partial charge in [-0.1, -0.05) is 48.5 Å². The third kappa shape index (κ3) is 6.68. The van der Waals surface area contributed by atoms with Crippen molar-refractivity contribution in [2.75, 3.05) is 11.9 Å². The van der Waals surface area contributed by atoms with Crippen molar-refractivity contribution in [1.82, 2.24) is 9.30 Å². The molecule has 0 bridgehead atoms. The van der Waals surface area contributed by atoms with Gasteiger partial charge in [-0.3, -0.25) is 4.79 Å². The summed E-state index contributed by atoms with van der Waals surface area (Å²) in [6.07, 6.45) is -2.29. The lowest BCUT2D eigenvalue weighted by Crippen LogP contribution is -2.43. The molecule has 3 heterocycles. The normalized spacial score (nSPS) is 15.1. The number of ketones is 1. The molecule has 8 nitrogen and oxygen atoms in total. The Kier molecular flexibility index (Phi) is 7.95. The van der Waals surface area contributed by atoms with Crippen LogP contribution in [0.5, 0.6) is 5.75 Å². The lowest BCUT2D eigenvalue weighted by Gasteiger charge is -2.24. The summed E-state index contributed by atoms with van der Waals surface area (Å²) >= 11 is 0. The smallest absolute Gasteiger partial charge is 0.456 e. The molecule has 1 N–H and O–H groups in total. The largest absolute Gasteiger partial charge is 0.573 e. The van der Waals surface area contributed by atoms with Crippen LogP contribution in [0.3, 0.4) is 0 Å². The van der Waals surface area contributed by atoms with E-state index in [9.17, 15) is 27.6 Å². The number of halogens is 3. The minimum Gasteiger partial charge on any atom is -0.456 e. The molecule has 11 heteroatoms. The lowest BCUT2D eigenvalue weighted by atomic mass is 10.0. The highest BCUT2D eigenvalue weighted by Crippen LogP contribution is 2.27. The topological polar surface area (TPSA) is 89.4 Å². The molecule has 41 heavy (non-hydrogen) atoms. The first-order chi connectivity index (χ1) is 19.7. The van der Waals surface area contributed by atoms with E-state index in [1.807, 2.05) is 30.3 Å². The van der Waals surface area contributed by atoms with Crippen LogP contribution >= 0.6 is 0 Å². The molecule has 1 fully saturated rings. The summed E-state index contributed by atoms with van der Waals surface area (Å²) in [7, 11) is 0. The summed E-state index contributed by atoms with van der Waals surface area (Å²) in [6.45, 7) is 0.418. The van der Waals surface area contributed by atoms with E-state index < -0.39 is 30.2 Å². The van der Waals surface area contributed by atoms with E-state index in [1.165, 1.54) is 23.1 Å². The fourth-order valence-corrected chi connectivity index (χ4v) is 4.91. The Morgan fingerprint density at radius 3 is 2.46 bits per heavy atom.